The van der Waals surface area contributed by atoms with Crippen molar-refractivity contribution >= 4 is 44.8 Å². The van der Waals surface area contributed by atoms with Crippen LogP contribution < -0.4 is 24.8 Å². The van der Waals surface area contributed by atoms with Crippen molar-refractivity contribution in [2.45, 2.75) is 31.0 Å². The number of sulfonamides is 1. The van der Waals surface area contributed by atoms with Gasteiger partial charge < -0.3 is 20.1 Å². The van der Waals surface area contributed by atoms with E-state index in [-0.39, 0.29) is 34.9 Å². The topological polar surface area (TPSA) is 141 Å². The quantitative estimate of drug-likeness (QED) is 0.184. The zero-order valence-corrected chi connectivity index (χ0v) is 26.3. The summed E-state index contributed by atoms with van der Waals surface area (Å²) < 4.78 is 80.6. The number of carbonyl (C=O) groups excluding carboxylic acids is 2. The van der Waals surface area contributed by atoms with Gasteiger partial charge in [-0.05, 0) is 42.8 Å². The Kier molecular flexibility index (Phi) is 10.6. The lowest BCUT2D eigenvalue weighted by Gasteiger charge is -2.16. The number of amides is 2. The second-order valence-electron chi connectivity index (χ2n) is 9.93. The molecule has 0 aliphatic heterocycles. The number of halogens is 4. The third kappa shape index (κ3) is 8.35. The smallest absolute Gasteiger partial charge is 0.400 e. The number of hydrogen-bond acceptors (Lipinski definition) is 7. The number of benzene rings is 3. The number of nitrogens with one attached hydrogen (secondary N) is 3. The first-order chi connectivity index (χ1) is 21.7. The van der Waals surface area contributed by atoms with E-state index in [1.807, 2.05) is 0 Å². The summed E-state index contributed by atoms with van der Waals surface area (Å²) in [6.07, 6.45) is -2.60. The zero-order valence-electron chi connectivity index (χ0n) is 24.7. The first-order valence-corrected chi connectivity index (χ1v) is 15.4. The molecule has 0 aliphatic rings. The van der Waals surface area contributed by atoms with Gasteiger partial charge in [0, 0.05) is 28.9 Å². The van der Waals surface area contributed by atoms with Crippen LogP contribution in [0.2, 0.25) is 5.02 Å². The van der Waals surface area contributed by atoms with Gasteiger partial charge in [0.05, 0.1) is 44.4 Å². The third-order valence-electron chi connectivity index (χ3n) is 6.77. The Balaban J connectivity index is 1.66. The fraction of sp³-hybridized carbons (Fsp3) is 0.233. The monoisotopic (exact) mass is 679 g/mol. The van der Waals surface area contributed by atoms with E-state index >= 15 is 0 Å². The van der Waals surface area contributed by atoms with Gasteiger partial charge in [-0.15, -0.1) is 0 Å². The number of alkyl halides is 3. The van der Waals surface area contributed by atoms with Crippen LogP contribution in [-0.2, 0) is 32.6 Å². The number of nitrogens with zero attached hydrogens (tertiary/aromatic N) is 2. The summed E-state index contributed by atoms with van der Waals surface area (Å²) in [5.41, 5.74) is 1.05. The van der Waals surface area contributed by atoms with Gasteiger partial charge in [0.15, 0.2) is 0 Å². The summed E-state index contributed by atoms with van der Waals surface area (Å²) in [6.45, 7) is 0.514. The molecule has 1 heterocycles. The lowest BCUT2D eigenvalue weighted by atomic mass is 10.1. The van der Waals surface area contributed by atoms with Crippen LogP contribution in [0.3, 0.4) is 0 Å². The average Bonchev–Trinajstić information content (AvgIpc) is 3.48. The number of aromatic nitrogens is 2. The number of carbonyl (C=O) groups is 2. The van der Waals surface area contributed by atoms with Crippen LogP contribution >= 0.6 is 11.6 Å². The second kappa shape index (κ2) is 14.2. The van der Waals surface area contributed by atoms with Gasteiger partial charge in [0.2, 0.25) is 21.8 Å². The number of ether oxygens (including phenoxy) is 2. The Morgan fingerprint density at radius 3 is 2.39 bits per heavy atom. The second-order valence-corrected chi connectivity index (χ2v) is 12.1. The Morgan fingerprint density at radius 1 is 0.978 bits per heavy atom. The predicted molar refractivity (Wildman–Crippen MR) is 165 cm³/mol. The first-order valence-electron chi connectivity index (χ1n) is 13.5. The number of rotatable bonds is 12. The summed E-state index contributed by atoms with van der Waals surface area (Å²) in [4.78, 5) is 24.6. The van der Waals surface area contributed by atoms with Crippen molar-refractivity contribution in [3.63, 3.8) is 0 Å². The molecule has 2 amide bonds. The summed E-state index contributed by atoms with van der Waals surface area (Å²) in [5.74, 6) is -3.21. The summed E-state index contributed by atoms with van der Waals surface area (Å²) in [7, 11) is -1.46. The Bertz CT molecular complexity index is 1850. The fourth-order valence-corrected chi connectivity index (χ4v) is 5.61. The van der Waals surface area contributed by atoms with E-state index in [0.717, 1.165) is 17.1 Å². The van der Waals surface area contributed by atoms with Crippen molar-refractivity contribution < 1.29 is 40.7 Å². The Hall–Kier alpha value is -4.60. The summed E-state index contributed by atoms with van der Waals surface area (Å²) in [5, 5.41) is 9.22. The van der Waals surface area contributed by atoms with Gasteiger partial charge in [-0.2, -0.15) is 18.3 Å². The molecule has 0 saturated heterocycles. The largest absolute Gasteiger partial charge is 0.497 e. The van der Waals surface area contributed by atoms with Gasteiger partial charge >= 0.3 is 6.18 Å². The molecule has 16 heteroatoms. The van der Waals surface area contributed by atoms with E-state index in [9.17, 15) is 31.2 Å². The number of anilines is 2. The molecule has 3 N–H and O–H groups in total. The number of hydrogen-bond donors (Lipinski definition) is 3. The molecule has 4 aromatic rings. The molecule has 0 bridgehead atoms. The van der Waals surface area contributed by atoms with Gasteiger partial charge in [-0.1, -0.05) is 35.9 Å². The maximum absolute atomic E-state index is 13.7. The van der Waals surface area contributed by atoms with E-state index in [4.69, 9.17) is 21.1 Å². The normalized spacial score (nSPS) is 12.3. The molecule has 0 unspecified atom stereocenters. The minimum absolute atomic E-state index is 0.0253. The molecule has 244 valence electrons. The van der Waals surface area contributed by atoms with Gasteiger partial charge in [-0.25, -0.2) is 17.8 Å². The average molecular weight is 680 g/mol. The molecule has 0 spiro atoms. The molecule has 3 aromatic carbocycles. The van der Waals surface area contributed by atoms with Crippen molar-refractivity contribution in [2.24, 2.45) is 5.92 Å². The Morgan fingerprint density at radius 2 is 1.72 bits per heavy atom. The van der Waals surface area contributed by atoms with Crippen LogP contribution in [0.5, 0.6) is 11.5 Å². The molecule has 4 rings (SSSR count). The molecule has 0 radical (unpaired) electrons. The molecule has 0 saturated carbocycles. The minimum atomic E-state index is -4.76. The highest BCUT2D eigenvalue weighted by molar-refractivity contribution is 7.89. The number of methoxy groups -OCH3 is 2. The van der Waals surface area contributed by atoms with Crippen LogP contribution in [0.4, 0.5) is 24.5 Å². The standard InChI is InChI=1S/C30H29ClF3N5O6S/c1-18(30(32,33)34)29(41)38-22-16-35-39(17-22)25-11-9-21(37-28(40)12-19-6-4-5-7-24(19)31)13-27(25)46(42,43)36-15-20-8-10-23(44-2)14-26(20)45-3/h4-11,13-14,16-18,36H,12,15H2,1-3H3,(H,37,40)(H,38,41)/t18-/m1/s1. The maximum atomic E-state index is 13.7. The minimum Gasteiger partial charge on any atom is -0.497 e. The van der Waals surface area contributed by atoms with Crippen molar-refractivity contribution in [1.29, 1.82) is 0 Å². The molecular weight excluding hydrogens is 651 g/mol. The van der Waals surface area contributed by atoms with E-state index in [2.05, 4.69) is 20.5 Å². The summed E-state index contributed by atoms with van der Waals surface area (Å²) in [6, 6.07) is 15.6. The highest BCUT2D eigenvalue weighted by atomic mass is 35.5. The van der Waals surface area contributed by atoms with Crippen LogP contribution in [-0.4, -0.2) is 50.4 Å². The van der Waals surface area contributed by atoms with E-state index < -0.39 is 33.9 Å². The molecule has 1 aromatic heterocycles. The van der Waals surface area contributed by atoms with Crippen LogP contribution in [0, 0.1) is 5.92 Å². The molecule has 1 atom stereocenters. The molecule has 0 fully saturated rings. The van der Waals surface area contributed by atoms with E-state index in [1.165, 1.54) is 32.4 Å². The van der Waals surface area contributed by atoms with Crippen LogP contribution in [0.15, 0.2) is 78.0 Å². The molecular formula is C30H29ClF3N5O6S. The van der Waals surface area contributed by atoms with Gasteiger partial charge in [0.1, 0.15) is 22.3 Å². The lowest BCUT2D eigenvalue weighted by Crippen LogP contribution is -2.32. The molecule has 11 nitrogen and oxygen atoms in total. The van der Waals surface area contributed by atoms with Crippen LogP contribution in [0.1, 0.15) is 18.1 Å². The highest BCUT2D eigenvalue weighted by Crippen LogP contribution is 2.29. The first kappa shape index (κ1) is 34.3. The van der Waals surface area contributed by atoms with Crippen molar-refractivity contribution in [1.82, 2.24) is 14.5 Å². The van der Waals surface area contributed by atoms with Crippen molar-refractivity contribution in [3.8, 4) is 17.2 Å². The van der Waals surface area contributed by atoms with E-state index in [1.54, 1.807) is 42.5 Å². The van der Waals surface area contributed by atoms with Gasteiger partial charge in [-0.3, -0.25) is 9.59 Å². The third-order valence-corrected chi connectivity index (χ3v) is 8.57. The van der Waals surface area contributed by atoms with Crippen molar-refractivity contribution in [3.05, 3.63) is 89.2 Å². The van der Waals surface area contributed by atoms with E-state index in [0.29, 0.717) is 34.6 Å². The summed E-state index contributed by atoms with van der Waals surface area (Å²) >= 11 is 6.17. The fourth-order valence-electron chi connectivity index (χ4n) is 4.18. The molecule has 46 heavy (non-hydrogen) atoms. The van der Waals surface area contributed by atoms with Crippen molar-refractivity contribution in [2.75, 3.05) is 24.9 Å². The zero-order chi connectivity index (χ0) is 33.6. The predicted octanol–water partition coefficient (Wildman–Crippen LogP) is 5.34. The van der Waals surface area contributed by atoms with Gasteiger partial charge in [0.25, 0.3) is 0 Å². The highest BCUT2D eigenvalue weighted by Gasteiger charge is 2.41. The Labute approximate surface area is 267 Å². The molecule has 0 aliphatic carbocycles. The van der Waals surface area contributed by atoms with Crippen LogP contribution in [0.25, 0.3) is 5.69 Å². The SMILES string of the molecule is COc1ccc(CNS(=O)(=O)c2cc(NC(=O)Cc3ccccc3Cl)ccc2-n2cc(NC(=O)[C@@H](C)C(F)(F)F)cn2)c(OC)c1. The lowest BCUT2D eigenvalue weighted by molar-refractivity contribution is -0.175. The maximum Gasteiger partial charge on any atom is 0.400 e.